The Kier molecular flexibility index (Phi) is 6.15. The lowest BCUT2D eigenvalue weighted by atomic mass is 10.1. The number of aromatic nitrogens is 2. The molecule has 1 aromatic carbocycles. The topological polar surface area (TPSA) is 96.5 Å². The summed E-state index contributed by atoms with van der Waals surface area (Å²) in [6.45, 7) is 5.72. The number of nitrogens with zero attached hydrogens (tertiary/aromatic N) is 5. The molecule has 0 radical (unpaired) electrons. The number of rotatable bonds is 7. The van der Waals surface area contributed by atoms with Gasteiger partial charge in [-0.3, -0.25) is 14.9 Å². The van der Waals surface area contributed by atoms with Crippen LogP contribution in [-0.2, 0) is 0 Å². The molecule has 0 saturated carbocycles. The maximum absolute atomic E-state index is 12.3. The lowest BCUT2D eigenvalue weighted by molar-refractivity contribution is -0.384. The predicted octanol–water partition coefficient (Wildman–Crippen LogP) is 1.15. The summed E-state index contributed by atoms with van der Waals surface area (Å²) >= 11 is 0. The molecule has 3 rings (SSSR count). The van der Waals surface area contributed by atoms with Crippen molar-refractivity contribution in [1.82, 2.24) is 24.7 Å². The van der Waals surface area contributed by atoms with Gasteiger partial charge in [0.1, 0.15) is 5.69 Å². The van der Waals surface area contributed by atoms with Crippen LogP contribution in [0.4, 0.5) is 5.69 Å². The quantitative estimate of drug-likeness (QED) is 0.445. The van der Waals surface area contributed by atoms with Crippen LogP contribution in [0.15, 0.2) is 36.9 Å². The number of hydrogen-bond donors (Lipinski definition) is 1. The summed E-state index contributed by atoms with van der Waals surface area (Å²) in [5.41, 5.74) is 0.535. The zero-order valence-corrected chi connectivity index (χ0v) is 15.4. The highest BCUT2D eigenvalue weighted by atomic mass is 16.6. The van der Waals surface area contributed by atoms with Gasteiger partial charge in [0.25, 0.3) is 11.6 Å². The molecular weight excluding hydrogens is 348 g/mol. The third-order valence-corrected chi connectivity index (χ3v) is 4.75. The number of amides is 1. The van der Waals surface area contributed by atoms with Crippen molar-refractivity contribution in [3.8, 4) is 5.69 Å². The second-order valence-corrected chi connectivity index (χ2v) is 6.68. The molecule has 1 saturated heterocycles. The van der Waals surface area contributed by atoms with E-state index in [0.717, 1.165) is 39.1 Å². The van der Waals surface area contributed by atoms with Gasteiger partial charge in [0.05, 0.1) is 11.3 Å². The van der Waals surface area contributed by atoms with Crippen molar-refractivity contribution in [2.75, 3.05) is 46.3 Å². The SMILES string of the molecule is CN1CCN(CCCNC(=O)c2ccc(-n3ccnc3)c([N+](=O)[O-])c2)CC1. The van der Waals surface area contributed by atoms with Crippen LogP contribution in [0.25, 0.3) is 5.69 Å². The smallest absolute Gasteiger partial charge is 0.294 e. The van der Waals surface area contributed by atoms with Crippen LogP contribution in [0.3, 0.4) is 0 Å². The average molecular weight is 372 g/mol. The molecule has 144 valence electrons. The number of carbonyl (C=O) groups is 1. The molecule has 1 fully saturated rings. The highest BCUT2D eigenvalue weighted by molar-refractivity contribution is 5.95. The summed E-state index contributed by atoms with van der Waals surface area (Å²) < 4.78 is 1.55. The molecule has 2 heterocycles. The second kappa shape index (κ2) is 8.74. The number of carbonyl (C=O) groups excluding carboxylic acids is 1. The first-order valence-electron chi connectivity index (χ1n) is 9.00. The summed E-state index contributed by atoms with van der Waals surface area (Å²) in [6, 6.07) is 4.47. The van der Waals surface area contributed by atoms with Crippen LogP contribution in [0.5, 0.6) is 0 Å². The van der Waals surface area contributed by atoms with E-state index in [4.69, 9.17) is 0 Å². The fourth-order valence-corrected chi connectivity index (χ4v) is 3.11. The predicted molar refractivity (Wildman–Crippen MR) is 101 cm³/mol. The van der Waals surface area contributed by atoms with Gasteiger partial charge in [0, 0.05) is 56.7 Å². The number of likely N-dealkylation sites (N-methyl/N-ethyl adjacent to an activating group) is 1. The molecule has 1 aliphatic heterocycles. The molecule has 0 unspecified atom stereocenters. The Labute approximate surface area is 157 Å². The largest absolute Gasteiger partial charge is 0.352 e. The van der Waals surface area contributed by atoms with E-state index in [9.17, 15) is 14.9 Å². The summed E-state index contributed by atoms with van der Waals surface area (Å²) in [5, 5.41) is 14.2. The Morgan fingerprint density at radius 1 is 1.30 bits per heavy atom. The first-order chi connectivity index (χ1) is 13.0. The fraction of sp³-hybridized carbons (Fsp3) is 0.444. The van der Waals surface area contributed by atoms with E-state index in [2.05, 4.69) is 27.1 Å². The van der Waals surface area contributed by atoms with Gasteiger partial charge in [0.15, 0.2) is 0 Å². The minimum absolute atomic E-state index is 0.127. The summed E-state index contributed by atoms with van der Waals surface area (Å²) in [6.07, 6.45) is 5.51. The van der Waals surface area contributed by atoms with E-state index in [1.54, 1.807) is 29.1 Å². The number of imidazole rings is 1. The Balaban J connectivity index is 1.55. The Morgan fingerprint density at radius 2 is 2.07 bits per heavy atom. The Morgan fingerprint density at radius 3 is 2.74 bits per heavy atom. The van der Waals surface area contributed by atoms with E-state index in [1.165, 1.54) is 12.4 Å². The van der Waals surface area contributed by atoms with Crippen molar-refractivity contribution in [3.05, 3.63) is 52.6 Å². The van der Waals surface area contributed by atoms with Crippen LogP contribution in [-0.4, -0.2) is 76.5 Å². The van der Waals surface area contributed by atoms with Crippen LogP contribution < -0.4 is 5.32 Å². The van der Waals surface area contributed by atoms with Gasteiger partial charge < -0.3 is 19.7 Å². The van der Waals surface area contributed by atoms with Gasteiger partial charge in [-0.15, -0.1) is 0 Å². The van der Waals surface area contributed by atoms with Gasteiger partial charge in [-0.1, -0.05) is 0 Å². The normalized spacial score (nSPS) is 15.6. The van der Waals surface area contributed by atoms with Crippen molar-refractivity contribution in [1.29, 1.82) is 0 Å². The lowest BCUT2D eigenvalue weighted by Gasteiger charge is -2.32. The molecule has 1 aromatic heterocycles. The highest BCUT2D eigenvalue weighted by Crippen LogP contribution is 2.24. The van der Waals surface area contributed by atoms with Crippen LogP contribution >= 0.6 is 0 Å². The molecule has 27 heavy (non-hydrogen) atoms. The number of hydrogen-bond acceptors (Lipinski definition) is 6. The molecular formula is C18H24N6O3. The van der Waals surface area contributed by atoms with E-state index < -0.39 is 4.92 Å². The standard InChI is InChI=1S/C18H24N6O3/c1-21-9-11-22(12-10-21)7-2-5-20-18(25)15-3-4-16(17(13-15)24(26)27)23-8-6-19-14-23/h3-4,6,8,13-14H,2,5,7,9-12H2,1H3,(H,20,25). The molecule has 9 heteroatoms. The van der Waals surface area contributed by atoms with E-state index >= 15 is 0 Å². The number of nitrogens with one attached hydrogen (secondary N) is 1. The van der Waals surface area contributed by atoms with Crippen LogP contribution in [0, 0.1) is 10.1 Å². The van der Waals surface area contributed by atoms with E-state index in [1.807, 2.05) is 0 Å². The van der Waals surface area contributed by atoms with Gasteiger partial charge in [-0.05, 0) is 32.1 Å². The molecule has 0 aliphatic carbocycles. The number of nitro groups is 1. The third-order valence-electron chi connectivity index (χ3n) is 4.75. The zero-order valence-electron chi connectivity index (χ0n) is 15.4. The first kappa shape index (κ1) is 19.0. The Hall–Kier alpha value is -2.78. The highest BCUT2D eigenvalue weighted by Gasteiger charge is 2.19. The fourth-order valence-electron chi connectivity index (χ4n) is 3.11. The maximum Gasteiger partial charge on any atom is 0.294 e. The number of nitro benzene ring substituents is 1. The van der Waals surface area contributed by atoms with Crippen molar-refractivity contribution >= 4 is 11.6 Å². The molecule has 0 atom stereocenters. The first-order valence-corrected chi connectivity index (χ1v) is 9.00. The van der Waals surface area contributed by atoms with E-state index in [-0.39, 0.29) is 17.2 Å². The van der Waals surface area contributed by atoms with Crippen molar-refractivity contribution in [3.63, 3.8) is 0 Å². The van der Waals surface area contributed by atoms with Crippen molar-refractivity contribution in [2.24, 2.45) is 0 Å². The van der Waals surface area contributed by atoms with Gasteiger partial charge in [-0.25, -0.2) is 4.98 Å². The van der Waals surface area contributed by atoms with Crippen molar-refractivity contribution in [2.45, 2.75) is 6.42 Å². The molecule has 9 nitrogen and oxygen atoms in total. The zero-order chi connectivity index (χ0) is 19.2. The second-order valence-electron chi connectivity index (χ2n) is 6.68. The monoisotopic (exact) mass is 372 g/mol. The molecule has 1 aliphatic rings. The molecule has 1 amide bonds. The van der Waals surface area contributed by atoms with Crippen LogP contribution in [0.1, 0.15) is 16.8 Å². The summed E-state index contributed by atoms with van der Waals surface area (Å²) in [5.74, 6) is -0.298. The lowest BCUT2D eigenvalue weighted by Crippen LogP contribution is -2.45. The minimum atomic E-state index is -0.487. The summed E-state index contributed by atoms with van der Waals surface area (Å²) in [4.78, 5) is 31.8. The minimum Gasteiger partial charge on any atom is -0.352 e. The number of benzene rings is 1. The van der Waals surface area contributed by atoms with Crippen LogP contribution in [0.2, 0.25) is 0 Å². The molecule has 0 bridgehead atoms. The summed E-state index contributed by atoms with van der Waals surface area (Å²) in [7, 11) is 2.12. The molecule has 0 spiro atoms. The number of piperazine rings is 1. The Bertz CT molecular complexity index is 784. The van der Waals surface area contributed by atoms with Gasteiger partial charge in [0.2, 0.25) is 0 Å². The van der Waals surface area contributed by atoms with Crippen molar-refractivity contribution < 1.29 is 9.72 Å². The van der Waals surface area contributed by atoms with Gasteiger partial charge >= 0.3 is 0 Å². The molecule has 1 N–H and O–H groups in total. The maximum atomic E-state index is 12.3. The average Bonchev–Trinajstić information content (AvgIpc) is 3.20. The van der Waals surface area contributed by atoms with E-state index in [0.29, 0.717) is 12.2 Å². The van der Waals surface area contributed by atoms with Gasteiger partial charge in [-0.2, -0.15) is 0 Å². The third kappa shape index (κ3) is 4.89. The molecule has 2 aromatic rings.